The third-order valence-corrected chi connectivity index (χ3v) is 2.78. The van der Waals surface area contributed by atoms with E-state index in [-0.39, 0.29) is 5.75 Å². The van der Waals surface area contributed by atoms with Crippen molar-refractivity contribution in [2.24, 2.45) is 0 Å². The van der Waals surface area contributed by atoms with Crippen molar-refractivity contribution in [2.45, 2.75) is 13.3 Å². The van der Waals surface area contributed by atoms with Crippen LogP contribution in [0.3, 0.4) is 0 Å². The van der Waals surface area contributed by atoms with Gasteiger partial charge in [0.1, 0.15) is 0 Å². The van der Waals surface area contributed by atoms with E-state index in [1.807, 2.05) is 30.2 Å². The van der Waals surface area contributed by atoms with E-state index in [0.717, 1.165) is 6.54 Å². The van der Waals surface area contributed by atoms with E-state index in [4.69, 9.17) is 4.55 Å². The summed E-state index contributed by atoms with van der Waals surface area (Å²) in [5.74, 6) is -0.167. The van der Waals surface area contributed by atoms with Gasteiger partial charge in [-0.05, 0) is 25.6 Å². The first kappa shape index (κ1) is 11.3. The van der Waals surface area contributed by atoms with Gasteiger partial charge < -0.3 is 4.90 Å². The lowest BCUT2D eigenvalue weighted by Gasteiger charge is -2.22. The normalized spacial score (nSPS) is 17.0. The van der Waals surface area contributed by atoms with Crippen molar-refractivity contribution in [1.29, 1.82) is 0 Å². The Bertz CT molecular complexity index is 343. The van der Waals surface area contributed by atoms with Crippen molar-refractivity contribution >= 4 is 10.1 Å². The zero-order valence-corrected chi connectivity index (χ0v) is 9.00. The monoisotopic (exact) mass is 217 g/mol. The number of nitrogens with zero attached hydrogens (tertiary/aromatic N) is 1. The maximum Gasteiger partial charge on any atom is 0.264 e. The van der Waals surface area contributed by atoms with Crippen LogP contribution in [0.4, 0.5) is 0 Å². The molecule has 1 heterocycles. The highest BCUT2D eigenvalue weighted by atomic mass is 32.2. The smallest absolute Gasteiger partial charge is 0.264 e. The molecule has 0 aromatic heterocycles. The predicted molar refractivity (Wildman–Crippen MR) is 55.5 cm³/mol. The highest BCUT2D eigenvalue weighted by Gasteiger charge is 2.07. The molecule has 0 aliphatic carbocycles. The van der Waals surface area contributed by atoms with Crippen molar-refractivity contribution in [2.75, 3.05) is 18.8 Å². The molecule has 0 fully saturated rings. The Labute approximate surface area is 84.7 Å². The van der Waals surface area contributed by atoms with E-state index >= 15 is 0 Å². The second-order valence-electron chi connectivity index (χ2n) is 3.46. The van der Waals surface area contributed by atoms with Crippen LogP contribution < -0.4 is 0 Å². The van der Waals surface area contributed by atoms with Crippen molar-refractivity contribution in [3.8, 4) is 0 Å². The zero-order valence-electron chi connectivity index (χ0n) is 8.18. The number of allylic oxidation sites excluding steroid dienone is 2. The van der Waals surface area contributed by atoms with Gasteiger partial charge in [0.15, 0.2) is 0 Å². The van der Waals surface area contributed by atoms with Crippen LogP contribution in [-0.4, -0.2) is 36.7 Å². The summed E-state index contributed by atoms with van der Waals surface area (Å²) in [4.78, 5) is 2.03. The lowest BCUT2D eigenvalue weighted by molar-refractivity contribution is 0.397. The molecule has 1 rings (SSSR count). The van der Waals surface area contributed by atoms with Crippen LogP contribution in [-0.2, 0) is 10.1 Å². The van der Waals surface area contributed by atoms with Crippen LogP contribution in [0.5, 0.6) is 0 Å². The average Bonchev–Trinajstić information content (AvgIpc) is 2.01. The molecule has 0 spiro atoms. The topological polar surface area (TPSA) is 57.6 Å². The molecule has 80 valence electrons. The van der Waals surface area contributed by atoms with E-state index in [2.05, 4.69) is 0 Å². The van der Waals surface area contributed by atoms with Crippen molar-refractivity contribution < 1.29 is 13.0 Å². The largest absolute Gasteiger partial charge is 0.373 e. The molecule has 0 unspecified atom stereocenters. The summed E-state index contributed by atoms with van der Waals surface area (Å²) < 4.78 is 29.4. The molecular formula is C9H15NO3S. The molecule has 1 N–H and O–H groups in total. The molecule has 5 heteroatoms. The van der Waals surface area contributed by atoms with Gasteiger partial charge in [0.05, 0.1) is 5.75 Å². The second-order valence-corrected chi connectivity index (χ2v) is 5.04. The second kappa shape index (κ2) is 4.61. The van der Waals surface area contributed by atoms with Crippen molar-refractivity contribution in [3.05, 3.63) is 23.9 Å². The van der Waals surface area contributed by atoms with Crippen LogP contribution >= 0.6 is 0 Å². The van der Waals surface area contributed by atoms with E-state index in [1.165, 1.54) is 5.57 Å². The summed E-state index contributed by atoms with van der Waals surface area (Å²) in [6.07, 6.45) is 6.35. The Hall–Kier alpha value is -0.810. The van der Waals surface area contributed by atoms with Crippen LogP contribution in [0.15, 0.2) is 23.9 Å². The highest BCUT2D eigenvalue weighted by molar-refractivity contribution is 7.85. The lowest BCUT2D eigenvalue weighted by atomic mass is 10.2. The fraction of sp³-hybridized carbons (Fsp3) is 0.556. The van der Waals surface area contributed by atoms with Gasteiger partial charge in [-0.2, -0.15) is 8.42 Å². The Kier molecular flexibility index (Phi) is 3.71. The molecule has 0 saturated carbocycles. The van der Waals surface area contributed by atoms with Gasteiger partial charge in [-0.3, -0.25) is 4.55 Å². The molecule has 0 aromatic carbocycles. The van der Waals surface area contributed by atoms with Crippen LogP contribution in [0.25, 0.3) is 0 Å². The van der Waals surface area contributed by atoms with Gasteiger partial charge in [0, 0.05) is 13.1 Å². The van der Waals surface area contributed by atoms with Gasteiger partial charge in [-0.15, -0.1) is 0 Å². The van der Waals surface area contributed by atoms with E-state index in [1.54, 1.807) is 0 Å². The zero-order chi connectivity index (χ0) is 10.6. The quantitative estimate of drug-likeness (QED) is 0.715. The third-order valence-electron chi connectivity index (χ3n) is 1.98. The van der Waals surface area contributed by atoms with Gasteiger partial charge in [0.2, 0.25) is 0 Å². The third kappa shape index (κ3) is 4.43. The van der Waals surface area contributed by atoms with Crippen molar-refractivity contribution in [1.82, 2.24) is 4.90 Å². The standard InChI is InChI=1S/C9H15NO3S/c1-9-4-2-5-10(8-9)6-3-7-14(11,12)13/h2,4-5H,3,6-8H2,1H3,(H,11,12,13). The SMILES string of the molecule is CC1=CC=CN(CCCS(=O)(=O)O)C1. The fourth-order valence-corrected chi connectivity index (χ4v) is 1.85. The van der Waals surface area contributed by atoms with Crippen LogP contribution in [0.2, 0.25) is 0 Å². The predicted octanol–water partition coefficient (Wildman–Crippen LogP) is 1.04. The van der Waals surface area contributed by atoms with Crippen LogP contribution in [0.1, 0.15) is 13.3 Å². The van der Waals surface area contributed by atoms with Gasteiger partial charge in [0.25, 0.3) is 10.1 Å². The maximum atomic E-state index is 10.4. The minimum atomic E-state index is -3.80. The molecule has 0 aromatic rings. The Balaban J connectivity index is 2.27. The van der Waals surface area contributed by atoms with Gasteiger partial charge in [-0.1, -0.05) is 11.6 Å². The number of rotatable bonds is 4. The molecule has 14 heavy (non-hydrogen) atoms. The summed E-state index contributed by atoms with van der Waals surface area (Å²) in [6, 6.07) is 0. The van der Waals surface area contributed by atoms with E-state index < -0.39 is 10.1 Å². The van der Waals surface area contributed by atoms with Crippen LogP contribution in [0, 0.1) is 0 Å². The number of hydrogen-bond donors (Lipinski definition) is 1. The Morgan fingerprint density at radius 3 is 2.86 bits per heavy atom. The lowest BCUT2D eigenvalue weighted by Crippen LogP contribution is -2.24. The van der Waals surface area contributed by atoms with E-state index in [9.17, 15) is 8.42 Å². The molecule has 0 atom stereocenters. The highest BCUT2D eigenvalue weighted by Crippen LogP contribution is 2.06. The first-order chi connectivity index (χ1) is 6.47. The Morgan fingerprint density at radius 1 is 1.57 bits per heavy atom. The molecule has 0 amide bonds. The molecular weight excluding hydrogens is 202 g/mol. The minimum absolute atomic E-state index is 0.167. The Morgan fingerprint density at radius 2 is 2.29 bits per heavy atom. The summed E-state index contributed by atoms with van der Waals surface area (Å²) in [6.45, 7) is 3.52. The molecule has 1 aliphatic rings. The summed E-state index contributed by atoms with van der Waals surface area (Å²) >= 11 is 0. The van der Waals surface area contributed by atoms with Crippen molar-refractivity contribution in [3.63, 3.8) is 0 Å². The molecule has 1 aliphatic heterocycles. The molecule has 0 saturated heterocycles. The first-order valence-electron chi connectivity index (χ1n) is 4.50. The van der Waals surface area contributed by atoms with Gasteiger partial charge >= 0.3 is 0 Å². The number of hydrogen-bond acceptors (Lipinski definition) is 3. The molecule has 4 nitrogen and oxygen atoms in total. The molecule has 0 radical (unpaired) electrons. The molecule has 0 bridgehead atoms. The maximum absolute atomic E-state index is 10.4. The average molecular weight is 217 g/mol. The van der Waals surface area contributed by atoms with E-state index in [0.29, 0.717) is 13.0 Å². The van der Waals surface area contributed by atoms with Gasteiger partial charge in [-0.25, -0.2) is 0 Å². The summed E-state index contributed by atoms with van der Waals surface area (Å²) in [7, 11) is -3.80. The minimum Gasteiger partial charge on any atom is -0.373 e. The summed E-state index contributed by atoms with van der Waals surface area (Å²) in [5.41, 5.74) is 1.25. The fourth-order valence-electron chi connectivity index (χ4n) is 1.36. The first-order valence-corrected chi connectivity index (χ1v) is 6.11. The summed E-state index contributed by atoms with van der Waals surface area (Å²) in [5, 5.41) is 0.